The minimum absolute atomic E-state index is 0.642. The van der Waals surface area contributed by atoms with Gasteiger partial charge in [-0.3, -0.25) is 0 Å². The van der Waals surface area contributed by atoms with Gasteiger partial charge in [-0.15, -0.1) is 0 Å². The first-order valence-electron chi connectivity index (χ1n) is 5.32. The third kappa shape index (κ3) is 2.58. The molecule has 0 radical (unpaired) electrons. The van der Waals surface area contributed by atoms with Crippen molar-refractivity contribution >= 4 is 33.1 Å². The highest BCUT2D eigenvalue weighted by molar-refractivity contribution is 9.10. The molecule has 0 aliphatic rings. The van der Waals surface area contributed by atoms with Crippen LogP contribution in [0.25, 0.3) is 0 Å². The summed E-state index contributed by atoms with van der Waals surface area (Å²) in [5, 5.41) is 3.29. The number of nitrogens with zero attached hydrogens (tertiary/aromatic N) is 1. The van der Waals surface area contributed by atoms with Crippen molar-refractivity contribution in [1.82, 2.24) is 4.98 Å². The van der Waals surface area contributed by atoms with Gasteiger partial charge in [-0.05, 0) is 53.0 Å². The minimum Gasteiger partial charge on any atom is -0.397 e. The molecule has 1 aromatic carbocycles. The van der Waals surface area contributed by atoms with Crippen LogP contribution in [0.4, 0.5) is 17.2 Å². The van der Waals surface area contributed by atoms with Gasteiger partial charge in [-0.25, -0.2) is 4.98 Å². The molecule has 17 heavy (non-hydrogen) atoms. The second-order valence-corrected chi connectivity index (χ2v) is 4.83. The van der Waals surface area contributed by atoms with Crippen LogP contribution in [-0.2, 0) is 0 Å². The highest BCUT2D eigenvalue weighted by atomic mass is 79.9. The number of aryl methyl sites for hydroxylation is 1. The third-order valence-corrected chi connectivity index (χ3v) is 3.32. The quantitative estimate of drug-likeness (QED) is 0.885. The van der Waals surface area contributed by atoms with Gasteiger partial charge in [0.25, 0.3) is 0 Å². The number of aromatic nitrogens is 1. The summed E-state index contributed by atoms with van der Waals surface area (Å²) in [4.78, 5) is 4.26. The standard InChI is InChI=1S/C13H14BrN3/c1-8-4-3-5-12(9(8)2)17-13-11(14)6-10(15)7-16-13/h3-7H,15H2,1-2H3,(H,16,17). The molecule has 0 amide bonds. The fourth-order valence-corrected chi connectivity index (χ4v) is 2.02. The Kier molecular flexibility index (Phi) is 3.33. The van der Waals surface area contributed by atoms with Gasteiger partial charge in [0.15, 0.2) is 0 Å². The molecule has 4 heteroatoms. The minimum atomic E-state index is 0.642. The molecular weight excluding hydrogens is 278 g/mol. The average molecular weight is 292 g/mol. The van der Waals surface area contributed by atoms with Crippen molar-refractivity contribution < 1.29 is 0 Å². The van der Waals surface area contributed by atoms with E-state index in [0.29, 0.717) is 5.69 Å². The Morgan fingerprint density at radius 2 is 2.06 bits per heavy atom. The van der Waals surface area contributed by atoms with Gasteiger partial charge in [0.05, 0.1) is 16.4 Å². The Morgan fingerprint density at radius 3 is 2.76 bits per heavy atom. The summed E-state index contributed by atoms with van der Waals surface area (Å²) < 4.78 is 0.860. The molecule has 2 aromatic rings. The molecule has 1 heterocycles. The smallest absolute Gasteiger partial charge is 0.144 e. The summed E-state index contributed by atoms with van der Waals surface area (Å²) in [6, 6.07) is 7.98. The lowest BCUT2D eigenvalue weighted by atomic mass is 10.1. The fourth-order valence-electron chi connectivity index (χ4n) is 1.56. The van der Waals surface area contributed by atoms with Gasteiger partial charge in [-0.2, -0.15) is 0 Å². The van der Waals surface area contributed by atoms with Gasteiger partial charge in [0.1, 0.15) is 5.82 Å². The van der Waals surface area contributed by atoms with E-state index >= 15 is 0 Å². The largest absolute Gasteiger partial charge is 0.397 e. The second kappa shape index (κ2) is 4.75. The predicted molar refractivity (Wildman–Crippen MR) is 75.5 cm³/mol. The number of anilines is 3. The van der Waals surface area contributed by atoms with Crippen LogP contribution in [0.3, 0.4) is 0 Å². The molecule has 0 unspecified atom stereocenters. The number of halogens is 1. The number of nitrogen functional groups attached to an aromatic ring is 1. The van der Waals surface area contributed by atoms with Crippen molar-refractivity contribution in [3.63, 3.8) is 0 Å². The Hall–Kier alpha value is -1.55. The number of nitrogens with two attached hydrogens (primary N) is 1. The van der Waals surface area contributed by atoms with Crippen LogP contribution in [0, 0.1) is 13.8 Å². The highest BCUT2D eigenvalue weighted by Gasteiger charge is 2.05. The van der Waals surface area contributed by atoms with E-state index in [9.17, 15) is 0 Å². The summed E-state index contributed by atoms with van der Waals surface area (Å²) in [5.74, 6) is 0.771. The lowest BCUT2D eigenvalue weighted by molar-refractivity contribution is 1.27. The zero-order valence-corrected chi connectivity index (χ0v) is 11.4. The number of nitrogens with one attached hydrogen (secondary N) is 1. The molecule has 0 spiro atoms. The Labute approximate surface area is 109 Å². The summed E-state index contributed by atoms with van der Waals surface area (Å²) in [7, 11) is 0. The molecule has 0 saturated carbocycles. The van der Waals surface area contributed by atoms with Crippen molar-refractivity contribution in [2.75, 3.05) is 11.1 Å². The molecule has 0 saturated heterocycles. The van der Waals surface area contributed by atoms with Crippen molar-refractivity contribution in [3.8, 4) is 0 Å². The van der Waals surface area contributed by atoms with E-state index in [-0.39, 0.29) is 0 Å². The molecular formula is C13H14BrN3. The van der Waals surface area contributed by atoms with Crippen molar-refractivity contribution in [3.05, 3.63) is 46.1 Å². The molecule has 0 fully saturated rings. The van der Waals surface area contributed by atoms with Crippen molar-refractivity contribution in [2.45, 2.75) is 13.8 Å². The second-order valence-electron chi connectivity index (χ2n) is 3.97. The summed E-state index contributed by atoms with van der Waals surface area (Å²) >= 11 is 3.44. The van der Waals surface area contributed by atoms with Crippen LogP contribution in [-0.4, -0.2) is 4.98 Å². The van der Waals surface area contributed by atoms with Crippen LogP contribution in [0.1, 0.15) is 11.1 Å². The molecule has 0 aliphatic heterocycles. The average Bonchev–Trinajstić information content (AvgIpc) is 2.28. The van der Waals surface area contributed by atoms with Crippen LogP contribution in [0.2, 0.25) is 0 Å². The lowest BCUT2D eigenvalue weighted by Gasteiger charge is -2.12. The van der Waals surface area contributed by atoms with Gasteiger partial charge in [-0.1, -0.05) is 12.1 Å². The fraction of sp³-hybridized carbons (Fsp3) is 0.154. The zero-order valence-electron chi connectivity index (χ0n) is 9.79. The highest BCUT2D eigenvalue weighted by Crippen LogP contribution is 2.27. The Morgan fingerprint density at radius 1 is 1.29 bits per heavy atom. The van der Waals surface area contributed by atoms with Crippen LogP contribution >= 0.6 is 15.9 Å². The third-order valence-electron chi connectivity index (χ3n) is 2.72. The van der Waals surface area contributed by atoms with E-state index in [2.05, 4.69) is 46.1 Å². The normalized spacial score (nSPS) is 10.3. The van der Waals surface area contributed by atoms with Crippen molar-refractivity contribution in [2.24, 2.45) is 0 Å². The predicted octanol–water partition coefficient (Wildman–Crippen LogP) is 3.79. The number of pyridine rings is 1. The molecule has 88 valence electrons. The lowest BCUT2D eigenvalue weighted by Crippen LogP contribution is -1.98. The first-order chi connectivity index (χ1) is 8.08. The zero-order chi connectivity index (χ0) is 12.4. The van der Waals surface area contributed by atoms with E-state index in [1.165, 1.54) is 11.1 Å². The summed E-state index contributed by atoms with van der Waals surface area (Å²) in [6.45, 7) is 4.18. The number of benzene rings is 1. The van der Waals surface area contributed by atoms with E-state index in [1.807, 2.05) is 18.2 Å². The molecule has 0 atom stereocenters. The molecule has 0 aliphatic carbocycles. The van der Waals surface area contributed by atoms with E-state index in [0.717, 1.165) is 16.0 Å². The van der Waals surface area contributed by atoms with E-state index in [1.54, 1.807) is 6.20 Å². The Balaban J connectivity index is 2.35. The first kappa shape index (κ1) is 11.9. The van der Waals surface area contributed by atoms with Gasteiger partial charge >= 0.3 is 0 Å². The first-order valence-corrected chi connectivity index (χ1v) is 6.11. The van der Waals surface area contributed by atoms with E-state index in [4.69, 9.17) is 5.73 Å². The van der Waals surface area contributed by atoms with Crippen LogP contribution < -0.4 is 11.1 Å². The van der Waals surface area contributed by atoms with Gasteiger partial charge in [0.2, 0.25) is 0 Å². The maximum atomic E-state index is 5.65. The van der Waals surface area contributed by atoms with E-state index < -0.39 is 0 Å². The Bertz CT molecular complexity index is 552. The molecule has 3 nitrogen and oxygen atoms in total. The van der Waals surface area contributed by atoms with Gasteiger partial charge in [0, 0.05) is 5.69 Å². The number of hydrogen-bond donors (Lipinski definition) is 2. The topological polar surface area (TPSA) is 50.9 Å². The summed E-state index contributed by atoms with van der Waals surface area (Å²) in [5.41, 5.74) is 9.83. The molecule has 1 aromatic heterocycles. The number of hydrogen-bond acceptors (Lipinski definition) is 3. The molecule has 0 bridgehead atoms. The van der Waals surface area contributed by atoms with Crippen LogP contribution in [0.5, 0.6) is 0 Å². The molecule has 2 rings (SSSR count). The maximum Gasteiger partial charge on any atom is 0.144 e. The van der Waals surface area contributed by atoms with Crippen LogP contribution in [0.15, 0.2) is 34.9 Å². The summed E-state index contributed by atoms with van der Waals surface area (Å²) in [6.07, 6.45) is 1.64. The number of rotatable bonds is 2. The molecule has 3 N–H and O–H groups in total. The maximum absolute atomic E-state index is 5.65. The van der Waals surface area contributed by atoms with Crippen molar-refractivity contribution in [1.29, 1.82) is 0 Å². The van der Waals surface area contributed by atoms with Gasteiger partial charge < -0.3 is 11.1 Å². The monoisotopic (exact) mass is 291 g/mol. The SMILES string of the molecule is Cc1cccc(Nc2ncc(N)cc2Br)c1C.